The first kappa shape index (κ1) is 22.6. The topological polar surface area (TPSA) is 43.7 Å². The van der Waals surface area contributed by atoms with E-state index in [0.717, 1.165) is 60.3 Å². The van der Waals surface area contributed by atoms with Gasteiger partial charge in [-0.05, 0) is 52.4 Å². The molecule has 0 amide bonds. The molecule has 32 heavy (non-hydrogen) atoms. The van der Waals surface area contributed by atoms with Gasteiger partial charge in [-0.3, -0.25) is 0 Å². The van der Waals surface area contributed by atoms with E-state index in [1.807, 2.05) is 36.4 Å². The average Bonchev–Trinajstić information content (AvgIpc) is 3.25. The number of hydrogen-bond acceptors (Lipinski definition) is 4. The Balaban J connectivity index is 1.86. The maximum absolute atomic E-state index is 13.0. The average molecular weight is 435 g/mol. The zero-order valence-corrected chi connectivity index (χ0v) is 19.9. The Hall–Kier alpha value is -2.63. The lowest BCUT2D eigenvalue weighted by molar-refractivity contribution is -0.200. The largest absolute Gasteiger partial charge is 0.420 e. The van der Waals surface area contributed by atoms with Crippen LogP contribution in [-0.2, 0) is 21.8 Å². The van der Waals surface area contributed by atoms with Crippen molar-refractivity contribution < 1.29 is 14.3 Å². The number of ether oxygens (including phenoxy) is 2. The molecule has 170 valence electrons. The Bertz CT molecular complexity index is 1120. The molecule has 5 heteroatoms. The van der Waals surface area contributed by atoms with Crippen molar-refractivity contribution in [3.63, 3.8) is 0 Å². The quantitative estimate of drug-likeness (QED) is 0.419. The summed E-state index contributed by atoms with van der Waals surface area (Å²) in [7, 11) is 0. The first-order chi connectivity index (χ1) is 15.5. The maximum atomic E-state index is 13.0. The minimum atomic E-state index is -1.25. The van der Waals surface area contributed by atoms with E-state index in [1.54, 1.807) is 0 Å². The molecule has 4 rings (SSSR count). The van der Waals surface area contributed by atoms with Crippen LogP contribution in [0.4, 0.5) is 0 Å². The van der Waals surface area contributed by atoms with Crippen molar-refractivity contribution in [2.75, 3.05) is 19.6 Å². The summed E-state index contributed by atoms with van der Waals surface area (Å²) in [4.78, 5) is 15.4. The monoisotopic (exact) mass is 434 g/mol. The molecule has 1 aliphatic rings. The van der Waals surface area contributed by atoms with Crippen LogP contribution >= 0.6 is 0 Å². The van der Waals surface area contributed by atoms with Crippen LogP contribution < -0.4 is 0 Å². The lowest BCUT2D eigenvalue weighted by atomic mass is 9.93. The Kier molecular flexibility index (Phi) is 6.40. The number of carbonyl (C=O) groups is 1. The van der Waals surface area contributed by atoms with E-state index in [4.69, 9.17) is 9.47 Å². The second kappa shape index (κ2) is 9.08. The van der Waals surface area contributed by atoms with Crippen LogP contribution in [0.1, 0.15) is 61.3 Å². The summed E-state index contributed by atoms with van der Waals surface area (Å²) in [6.07, 6.45) is 0.756. The highest BCUT2D eigenvalue weighted by Crippen LogP contribution is 2.48. The second-order valence-corrected chi connectivity index (χ2v) is 8.52. The molecule has 0 N–H and O–H groups in total. The zero-order valence-electron chi connectivity index (χ0n) is 19.9. The summed E-state index contributed by atoms with van der Waals surface area (Å²) in [5.41, 5.74) is 4.50. The van der Waals surface area contributed by atoms with Gasteiger partial charge in [-0.2, -0.15) is 0 Å². The molecule has 1 aromatic heterocycles. The van der Waals surface area contributed by atoms with Gasteiger partial charge in [-0.1, -0.05) is 50.2 Å². The third kappa shape index (κ3) is 3.63. The molecule has 3 aromatic rings. The van der Waals surface area contributed by atoms with Crippen LogP contribution in [-0.4, -0.2) is 41.2 Å². The van der Waals surface area contributed by atoms with Gasteiger partial charge in [0.1, 0.15) is 0 Å². The third-order valence-corrected chi connectivity index (χ3v) is 6.73. The van der Waals surface area contributed by atoms with E-state index in [1.165, 1.54) is 0 Å². The summed E-state index contributed by atoms with van der Waals surface area (Å²) in [5, 5.41) is 1.06. The Morgan fingerprint density at radius 2 is 1.75 bits per heavy atom. The predicted molar refractivity (Wildman–Crippen MR) is 128 cm³/mol. The van der Waals surface area contributed by atoms with Gasteiger partial charge in [0.25, 0.3) is 5.79 Å². The molecule has 0 aliphatic carbocycles. The molecule has 0 radical (unpaired) electrons. The molecule has 2 atom stereocenters. The Morgan fingerprint density at radius 1 is 1.06 bits per heavy atom. The van der Waals surface area contributed by atoms with E-state index in [2.05, 4.69) is 56.2 Å². The van der Waals surface area contributed by atoms with E-state index in [-0.39, 0.29) is 12.1 Å². The van der Waals surface area contributed by atoms with E-state index < -0.39 is 5.79 Å². The fourth-order valence-corrected chi connectivity index (χ4v) is 5.02. The number of cyclic esters (lactones) is 1. The van der Waals surface area contributed by atoms with Gasteiger partial charge in [0.15, 0.2) is 0 Å². The highest BCUT2D eigenvalue weighted by Gasteiger charge is 2.51. The molecule has 0 fully saturated rings. The normalized spacial score (nSPS) is 18.9. The molecule has 0 saturated carbocycles. The van der Waals surface area contributed by atoms with Gasteiger partial charge in [0.2, 0.25) is 0 Å². The van der Waals surface area contributed by atoms with Crippen molar-refractivity contribution in [3.8, 4) is 0 Å². The third-order valence-electron chi connectivity index (χ3n) is 6.73. The van der Waals surface area contributed by atoms with Crippen LogP contribution in [0, 0.1) is 6.92 Å². The number of rotatable bonds is 9. The summed E-state index contributed by atoms with van der Waals surface area (Å²) >= 11 is 0. The van der Waals surface area contributed by atoms with Crippen LogP contribution in [0.15, 0.2) is 48.5 Å². The summed E-state index contributed by atoms with van der Waals surface area (Å²) in [6.45, 7) is 14.4. The summed E-state index contributed by atoms with van der Waals surface area (Å²) in [5.74, 6) is -1.58. The maximum Gasteiger partial charge on any atom is 0.341 e. The number of para-hydroxylation sites is 1. The molecule has 1 aliphatic heterocycles. The zero-order chi connectivity index (χ0) is 22.9. The lowest BCUT2D eigenvalue weighted by Crippen LogP contribution is -2.37. The number of aryl methyl sites for hydroxylation is 1. The number of hydrogen-bond donors (Lipinski definition) is 0. The van der Waals surface area contributed by atoms with Crippen LogP contribution in [0.3, 0.4) is 0 Å². The molecule has 5 nitrogen and oxygen atoms in total. The molecule has 2 unspecified atom stereocenters. The minimum Gasteiger partial charge on any atom is -0.420 e. The number of nitrogens with zero attached hydrogens (tertiary/aromatic N) is 2. The van der Waals surface area contributed by atoms with Crippen molar-refractivity contribution in [3.05, 3.63) is 70.9 Å². The van der Waals surface area contributed by atoms with Crippen LogP contribution in [0.25, 0.3) is 10.9 Å². The number of aromatic nitrogens is 1. The first-order valence-corrected chi connectivity index (χ1v) is 11.8. The highest BCUT2D eigenvalue weighted by atomic mass is 16.7. The minimum absolute atomic E-state index is 0.0994. The molecule has 0 spiro atoms. The van der Waals surface area contributed by atoms with Gasteiger partial charge in [0.05, 0.1) is 17.2 Å². The molecular formula is C27H34N2O3. The van der Waals surface area contributed by atoms with Gasteiger partial charge >= 0.3 is 5.97 Å². The fraction of sp³-hybridized carbons (Fsp3) is 0.444. The van der Waals surface area contributed by atoms with Gasteiger partial charge in [-0.15, -0.1) is 0 Å². The second-order valence-electron chi connectivity index (χ2n) is 8.52. The van der Waals surface area contributed by atoms with E-state index >= 15 is 0 Å². The van der Waals surface area contributed by atoms with Crippen molar-refractivity contribution >= 4 is 16.9 Å². The van der Waals surface area contributed by atoms with Crippen molar-refractivity contribution in [2.45, 2.75) is 59.5 Å². The van der Waals surface area contributed by atoms with E-state index in [0.29, 0.717) is 5.56 Å². The van der Waals surface area contributed by atoms with Crippen molar-refractivity contribution in [1.29, 1.82) is 0 Å². The Labute approximate surface area is 190 Å². The number of carbonyl (C=O) groups excluding carboxylic acids is 1. The predicted octanol–water partition coefficient (Wildman–Crippen LogP) is 5.48. The Morgan fingerprint density at radius 3 is 2.47 bits per heavy atom. The first-order valence-electron chi connectivity index (χ1n) is 11.8. The molecule has 0 saturated heterocycles. The molecule has 2 heterocycles. The van der Waals surface area contributed by atoms with Gasteiger partial charge in [-0.25, -0.2) is 4.79 Å². The number of benzene rings is 2. The van der Waals surface area contributed by atoms with Crippen molar-refractivity contribution in [1.82, 2.24) is 9.47 Å². The highest BCUT2D eigenvalue weighted by molar-refractivity contribution is 5.97. The summed E-state index contributed by atoms with van der Waals surface area (Å²) in [6, 6.07) is 15.9. The molecular weight excluding hydrogens is 400 g/mol. The summed E-state index contributed by atoms with van der Waals surface area (Å²) < 4.78 is 15.2. The number of esters is 1. The van der Waals surface area contributed by atoms with E-state index in [9.17, 15) is 4.79 Å². The molecule has 0 bridgehead atoms. The van der Waals surface area contributed by atoms with Gasteiger partial charge in [0, 0.05) is 35.2 Å². The van der Waals surface area contributed by atoms with Crippen LogP contribution in [0.2, 0.25) is 0 Å². The standard InChI is InChI=1S/C27H34N2O3/c1-6-28(7-2)18-17-19(4)31-27(23-15-11-9-13-21(23)26(30)32-27)25-20(5)29(8-3)24-16-12-10-14-22(24)25/h9-16,19H,6-8,17-18H2,1-5H3. The van der Waals surface area contributed by atoms with Crippen LogP contribution in [0.5, 0.6) is 0 Å². The fourth-order valence-electron chi connectivity index (χ4n) is 5.02. The smallest absolute Gasteiger partial charge is 0.341 e. The SMILES string of the molecule is CCN(CC)CCC(C)OC1(c2c(C)n(CC)c3ccccc23)OC(=O)c2ccccc21. The lowest BCUT2D eigenvalue weighted by Gasteiger charge is -2.33. The number of fused-ring (bicyclic) bond motifs is 2. The van der Waals surface area contributed by atoms with Gasteiger partial charge < -0.3 is 18.9 Å². The molecule has 2 aromatic carbocycles. The van der Waals surface area contributed by atoms with Crippen molar-refractivity contribution in [2.24, 2.45) is 0 Å².